The van der Waals surface area contributed by atoms with Crippen molar-refractivity contribution in [1.82, 2.24) is 10.2 Å². The zero-order valence-corrected chi connectivity index (χ0v) is 11.8. The van der Waals surface area contributed by atoms with Gasteiger partial charge in [0.2, 0.25) is 11.8 Å². The molecule has 1 aromatic heterocycles. The Balaban J connectivity index is 1.70. The first kappa shape index (κ1) is 12.9. The number of thioether (sulfide) groups is 1. The smallest absolute Gasteiger partial charge is 0.226 e. The van der Waals surface area contributed by atoms with Crippen LogP contribution >= 0.6 is 11.8 Å². The Labute approximate surface area is 108 Å². The third-order valence-corrected chi connectivity index (χ3v) is 4.10. The lowest BCUT2D eigenvalue weighted by Crippen LogP contribution is -2.08. The van der Waals surface area contributed by atoms with Crippen LogP contribution in [0.15, 0.2) is 4.42 Å². The molecular weight excluding hydrogens is 232 g/mol. The van der Waals surface area contributed by atoms with Gasteiger partial charge in [0.1, 0.15) is 0 Å². The minimum Gasteiger partial charge on any atom is -0.424 e. The molecule has 1 aliphatic carbocycles. The van der Waals surface area contributed by atoms with Crippen molar-refractivity contribution in [1.29, 1.82) is 0 Å². The molecular formula is C13H22N2OS. The van der Waals surface area contributed by atoms with E-state index in [0.717, 1.165) is 23.3 Å². The van der Waals surface area contributed by atoms with E-state index < -0.39 is 0 Å². The van der Waals surface area contributed by atoms with Crippen molar-refractivity contribution < 1.29 is 4.42 Å². The van der Waals surface area contributed by atoms with Crippen molar-refractivity contribution in [2.45, 2.75) is 58.1 Å². The molecule has 0 bridgehead atoms. The molecule has 0 unspecified atom stereocenters. The van der Waals surface area contributed by atoms with Crippen LogP contribution < -0.4 is 0 Å². The van der Waals surface area contributed by atoms with Gasteiger partial charge in [-0.2, -0.15) is 11.8 Å². The Hall–Kier alpha value is -0.510. The fraction of sp³-hybridized carbons (Fsp3) is 0.846. The highest BCUT2D eigenvalue weighted by Gasteiger charge is 2.25. The Morgan fingerprint density at radius 1 is 1.29 bits per heavy atom. The molecule has 2 rings (SSSR count). The molecule has 1 fully saturated rings. The monoisotopic (exact) mass is 254 g/mol. The van der Waals surface area contributed by atoms with E-state index in [1.165, 1.54) is 25.7 Å². The molecule has 0 aliphatic heterocycles. The lowest BCUT2D eigenvalue weighted by Gasteiger charge is -2.20. The predicted octanol–water partition coefficient (Wildman–Crippen LogP) is 4.01. The second-order valence-electron chi connectivity index (χ2n) is 6.03. The van der Waals surface area contributed by atoms with Crippen molar-refractivity contribution in [2.75, 3.05) is 5.75 Å². The Bertz CT molecular complexity index is 353. The van der Waals surface area contributed by atoms with Crippen molar-refractivity contribution >= 4 is 11.8 Å². The van der Waals surface area contributed by atoms with Crippen LogP contribution in [0.3, 0.4) is 0 Å². The van der Waals surface area contributed by atoms with Crippen molar-refractivity contribution in [3.05, 3.63) is 11.8 Å². The zero-order chi connectivity index (χ0) is 12.3. The molecule has 0 aromatic carbocycles. The maximum absolute atomic E-state index is 5.68. The van der Waals surface area contributed by atoms with Gasteiger partial charge in [0.15, 0.2) is 0 Å². The van der Waals surface area contributed by atoms with E-state index in [4.69, 9.17) is 4.42 Å². The van der Waals surface area contributed by atoms with Crippen LogP contribution in [0.2, 0.25) is 0 Å². The number of rotatable bonds is 5. The Morgan fingerprint density at radius 3 is 2.65 bits per heavy atom. The summed E-state index contributed by atoms with van der Waals surface area (Å²) >= 11 is 1.89. The maximum Gasteiger partial charge on any atom is 0.226 e. The summed E-state index contributed by atoms with van der Waals surface area (Å²) in [5.74, 6) is 4.23. The Kier molecular flexibility index (Phi) is 4.13. The van der Waals surface area contributed by atoms with Crippen LogP contribution in [0.4, 0.5) is 0 Å². The minimum absolute atomic E-state index is 0.416. The number of aromatic nitrogens is 2. The topological polar surface area (TPSA) is 38.9 Å². The van der Waals surface area contributed by atoms with Gasteiger partial charge in [-0.15, -0.1) is 10.2 Å². The lowest BCUT2D eigenvalue weighted by atomic mass is 9.85. The van der Waals surface area contributed by atoms with Crippen LogP contribution in [0.5, 0.6) is 0 Å². The fourth-order valence-corrected chi connectivity index (χ4v) is 2.88. The van der Waals surface area contributed by atoms with Crippen LogP contribution in [0.25, 0.3) is 0 Å². The molecule has 0 spiro atoms. The summed E-state index contributed by atoms with van der Waals surface area (Å²) in [6.45, 7) is 6.82. The summed E-state index contributed by atoms with van der Waals surface area (Å²) in [5, 5.41) is 8.25. The molecule has 3 nitrogen and oxygen atoms in total. The molecule has 17 heavy (non-hydrogen) atoms. The van der Waals surface area contributed by atoms with Gasteiger partial charge in [-0.1, -0.05) is 27.2 Å². The summed E-state index contributed by atoms with van der Waals surface area (Å²) in [5.41, 5.74) is 0.416. The molecule has 0 radical (unpaired) electrons. The van der Waals surface area contributed by atoms with Crippen molar-refractivity contribution in [3.63, 3.8) is 0 Å². The van der Waals surface area contributed by atoms with Crippen LogP contribution in [-0.2, 0) is 5.75 Å². The molecule has 96 valence electrons. The summed E-state index contributed by atoms with van der Waals surface area (Å²) in [6, 6.07) is 0. The van der Waals surface area contributed by atoms with E-state index in [2.05, 4.69) is 31.0 Å². The van der Waals surface area contributed by atoms with Crippen molar-refractivity contribution in [2.24, 2.45) is 5.41 Å². The zero-order valence-electron chi connectivity index (χ0n) is 11.0. The first-order valence-electron chi connectivity index (χ1n) is 6.45. The fourth-order valence-electron chi connectivity index (χ4n) is 1.68. The van der Waals surface area contributed by atoms with Gasteiger partial charge in [0.05, 0.1) is 5.75 Å². The average molecular weight is 254 g/mol. The molecule has 1 aliphatic rings. The molecule has 1 saturated carbocycles. The number of hydrogen-bond donors (Lipinski definition) is 0. The molecule has 0 N–H and O–H groups in total. The summed E-state index contributed by atoms with van der Waals surface area (Å²) < 4.78 is 5.68. The highest BCUT2D eigenvalue weighted by atomic mass is 32.2. The van der Waals surface area contributed by atoms with Gasteiger partial charge >= 0.3 is 0 Å². The standard InChI is InChI=1S/C13H22N2OS/c1-13(2,3)7-8-17-9-11-14-15-12(16-11)10-5-4-6-10/h10H,4-9H2,1-3H3. The second-order valence-corrected chi connectivity index (χ2v) is 7.13. The maximum atomic E-state index is 5.68. The summed E-state index contributed by atoms with van der Waals surface area (Å²) in [7, 11) is 0. The van der Waals surface area contributed by atoms with Gasteiger partial charge in [0, 0.05) is 5.92 Å². The van der Waals surface area contributed by atoms with Gasteiger partial charge < -0.3 is 4.42 Å². The van der Waals surface area contributed by atoms with E-state index >= 15 is 0 Å². The van der Waals surface area contributed by atoms with E-state index in [0.29, 0.717) is 11.3 Å². The molecule has 1 heterocycles. The largest absolute Gasteiger partial charge is 0.424 e. The van der Waals surface area contributed by atoms with Gasteiger partial charge in [-0.25, -0.2) is 0 Å². The number of nitrogens with zero attached hydrogens (tertiary/aromatic N) is 2. The van der Waals surface area contributed by atoms with E-state index in [1.807, 2.05) is 11.8 Å². The predicted molar refractivity (Wildman–Crippen MR) is 71.1 cm³/mol. The van der Waals surface area contributed by atoms with E-state index in [1.54, 1.807) is 0 Å². The SMILES string of the molecule is CC(C)(C)CCSCc1nnc(C2CCC2)o1. The highest BCUT2D eigenvalue weighted by Crippen LogP contribution is 2.35. The summed E-state index contributed by atoms with van der Waals surface area (Å²) in [6.07, 6.45) is 4.97. The first-order valence-corrected chi connectivity index (χ1v) is 7.60. The molecule has 0 saturated heterocycles. The lowest BCUT2D eigenvalue weighted by molar-refractivity contribution is 0.328. The second kappa shape index (κ2) is 5.42. The van der Waals surface area contributed by atoms with Crippen LogP contribution in [-0.4, -0.2) is 16.0 Å². The minimum atomic E-state index is 0.416. The normalized spacial score (nSPS) is 17.1. The average Bonchev–Trinajstić information content (AvgIpc) is 2.57. The van der Waals surface area contributed by atoms with Gasteiger partial charge in [-0.3, -0.25) is 0 Å². The molecule has 4 heteroatoms. The van der Waals surface area contributed by atoms with Crippen LogP contribution in [0, 0.1) is 5.41 Å². The quantitative estimate of drug-likeness (QED) is 0.744. The third kappa shape index (κ3) is 4.02. The highest BCUT2D eigenvalue weighted by molar-refractivity contribution is 7.98. The van der Waals surface area contributed by atoms with Crippen LogP contribution in [0.1, 0.15) is 64.2 Å². The van der Waals surface area contributed by atoms with Crippen molar-refractivity contribution in [3.8, 4) is 0 Å². The van der Waals surface area contributed by atoms with Gasteiger partial charge in [0.25, 0.3) is 0 Å². The van der Waals surface area contributed by atoms with E-state index in [-0.39, 0.29) is 0 Å². The first-order chi connectivity index (χ1) is 8.04. The van der Waals surface area contributed by atoms with E-state index in [9.17, 15) is 0 Å². The number of hydrogen-bond acceptors (Lipinski definition) is 4. The van der Waals surface area contributed by atoms with Gasteiger partial charge in [-0.05, 0) is 30.4 Å². The Morgan fingerprint density at radius 2 is 2.06 bits per heavy atom. The molecule has 0 atom stereocenters. The molecule has 1 aromatic rings. The summed E-state index contributed by atoms with van der Waals surface area (Å²) in [4.78, 5) is 0. The molecule has 0 amide bonds. The third-order valence-electron chi connectivity index (χ3n) is 3.16.